The fourth-order valence-corrected chi connectivity index (χ4v) is 1.71. The minimum atomic E-state index is -1.25. The van der Waals surface area contributed by atoms with Crippen LogP contribution in [0.2, 0.25) is 0 Å². The molecular formula is C6H10FNO. The van der Waals surface area contributed by atoms with Gasteiger partial charge in [0.1, 0.15) is 6.10 Å². The highest BCUT2D eigenvalue weighted by Crippen LogP contribution is 2.35. The summed E-state index contributed by atoms with van der Waals surface area (Å²) in [6.45, 7) is 1.82. The Morgan fingerprint density at radius 2 is 2.44 bits per heavy atom. The van der Waals surface area contributed by atoms with Crippen molar-refractivity contribution in [2.45, 2.75) is 18.2 Å². The molecule has 2 bridgehead atoms. The summed E-state index contributed by atoms with van der Waals surface area (Å²) < 4.78 is 13.2. The van der Waals surface area contributed by atoms with Crippen LogP contribution >= 0.6 is 0 Å². The number of hydrogen-bond donors (Lipinski definition) is 1. The molecule has 3 unspecified atom stereocenters. The molecule has 2 fully saturated rings. The van der Waals surface area contributed by atoms with Gasteiger partial charge in [-0.25, -0.2) is 4.39 Å². The van der Waals surface area contributed by atoms with E-state index < -0.39 is 11.8 Å². The Bertz CT molecular complexity index is 141. The molecule has 2 saturated heterocycles. The molecule has 52 valence electrons. The summed E-state index contributed by atoms with van der Waals surface area (Å²) in [7, 11) is 0. The van der Waals surface area contributed by atoms with Gasteiger partial charge in [-0.1, -0.05) is 0 Å². The number of hydrogen-bond acceptors (Lipinski definition) is 2. The van der Waals surface area contributed by atoms with Crippen LogP contribution in [0.5, 0.6) is 0 Å². The van der Waals surface area contributed by atoms with Gasteiger partial charge in [0.15, 0.2) is 5.67 Å². The molecule has 0 radical (unpaired) electrons. The third kappa shape index (κ3) is 0.618. The second kappa shape index (κ2) is 1.47. The quantitative estimate of drug-likeness (QED) is 0.491. The lowest BCUT2D eigenvalue weighted by Gasteiger charge is -2.21. The van der Waals surface area contributed by atoms with Crippen molar-refractivity contribution in [2.75, 3.05) is 19.6 Å². The van der Waals surface area contributed by atoms with Gasteiger partial charge in [0.05, 0.1) is 0 Å². The van der Waals surface area contributed by atoms with Crippen molar-refractivity contribution in [1.29, 1.82) is 0 Å². The maximum Gasteiger partial charge on any atom is 0.151 e. The Morgan fingerprint density at radius 1 is 1.67 bits per heavy atom. The Labute approximate surface area is 53.3 Å². The number of aliphatic hydroxyl groups excluding tert-OH is 1. The highest BCUT2D eigenvalue weighted by atomic mass is 19.1. The van der Waals surface area contributed by atoms with Crippen LogP contribution in [0.25, 0.3) is 0 Å². The summed E-state index contributed by atoms with van der Waals surface area (Å²) in [5.74, 6) is 0. The summed E-state index contributed by atoms with van der Waals surface area (Å²) >= 11 is 0. The van der Waals surface area contributed by atoms with Crippen molar-refractivity contribution < 1.29 is 9.50 Å². The lowest BCUT2D eigenvalue weighted by molar-refractivity contribution is 0.0227. The Kier molecular flexibility index (Phi) is 0.916. The highest BCUT2D eigenvalue weighted by Gasteiger charge is 2.51. The van der Waals surface area contributed by atoms with E-state index >= 15 is 0 Å². The van der Waals surface area contributed by atoms with Crippen molar-refractivity contribution in [2.24, 2.45) is 0 Å². The monoisotopic (exact) mass is 131 g/mol. The number of aliphatic hydroxyl groups is 1. The van der Waals surface area contributed by atoms with Crippen LogP contribution in [-0.2, 0) is 0 Å². The van der Waals surface area contributed by atoms with Crippen LogP contribution in [0.4, 0.5) is 4.39 Å². The lowest BCUT2D eigenvalue weighted by Crippen LogP contribution is -2.37. The SMILES string of the molecule is OC1CN2CCC1(F)C2. The molecule has 0 aromatic heterocycles. The molecule has 0 amide bonds. The predicted molar refractivity (Wildman–Crippen MR) is 30.9 cm³/mol. The van der Waals surface area contributed by atoms with Crippen molar-refractivity contribution in [1.82, 2.24) is 4.90 Å². The molecule has 0 spiro atoms. The summed E-state index contributed by atoms with van der Waals surface area (Å²) in [6.07, 6.45) is -0.194. The van der Waals surface area contributed by atoms with Gasteiger partial charge in [-0.3, -0.25) is 4.90 Å². The van der Waals surface area contributed by atoms with Crippen LogP contribution in [0, 0.1) is 0 Å². The zero-order chi connectivity index (χ0) is 6.48. The van der Waals surface area contributed by atoms with E-state index in [2.05, 4.69) is 0 Å². The minimum absolute atomic E-state index is 0.453. The zero-order valence-corrected chi connectivity index (χ0v) is 5.18. The molecule has 0 aliphatic carbocycles. The maximum absolute atomic E-state index is 13.2. The molecule has 2 heterocycles. The van der Waals surface area contributed by atoms with Crippen LogP contribution < -0.4 is 0 Å². The summed E-state index contributed by atoms with van der Waals surface area (Å²) in [5, 5.41) is 9.06. The van der Waals surface area contributed by atoms with E-state index in [1.165, 1.54) is 0 Å². The highest BCUT2D eigenvalue weighted by molar-refractivity contribution is 5.03. The van der Waals surface area contributed by atoms with Crippen LogP contribution in [0.1, 0.15) is 6.42 Å². The summed E-state index contributed by atoms with van der Waals surface area (Å²) in [4.78, 5) is 1.96. The largest absolute Gasteiger partial charge is 0.388 e. The van der Waals surface area contributed by atoms with Gasteiger partial charge in [0.2, 0.25) is 0 Å². The van der Waals surface area contributed by atoms with Gasteiger partial charge in [-0.15, -0.1) is 0 Å². The molecule has 1 N–H and O–H groups in total. The first-order valence-corrected chi connectivity index (χ1v) is 3.30. The predicted octanol–water partition coefficient (Wildman–Crippen LogP) is -0.225. The average molecular weight is 131 g/mol. The van der Waals surface area contributed by atoms with E-state index in [9.17, 15) is 4.39 Å². The van der Waals surface area contributed by atoms with Crippen molar-refractivity contribution in [3.63, 3.8) is 0 Å². The molecule has 0 aromatic rings. The third-order valence-electron chi connectivity index (χ3n) is 2.36. The summed E-state index contributed by atoms with van der Waals surface area (Å²) in [5.41, 5.74) is -1.25. The number of fused-ring (bicyclic) bond motifs is 2. The topological polar surface area (TPSA) is 23.5 Å². The Morgan fingerprint density at radius 3 is 2.67 bits per heavy atom. The normalized spacial score (nSPS) is 56.7. The Hall–Kier alpha value is -0.150. The first kappa shape index (κ1) is 5.62. The number of halogens is 1. The van der Waals surface area contributed by atoms with Gasteiger partial charge >= 0.3 is 0 Å². The number of rotatable bonds is 0. The molecule has 2 aliphatic rings. The second-order valence-corrected chi connectivity index (χ2v) is 3.04. The fraction of sp³-hybridized carbons (Fsp3) is 1.00. The minimum Gasteiger partial charge on any atom is -0.388 e. The zero-order valence-electron chi connectivity index (χ0n) is 5.18. The molecular weight excluding hydrogens is 121 g/mol. The van der Waals surface area contributed by atoms with Crippen LogP contribution in [0.15, 0.2) is 0 Å². The van der Waals surface area contributed by atoms with Crippen molar-refractivity contribution >= 4 is 0 Å². The molecule has 0 saturated carbocycles. The maximum atomic E-state index is 13.2. The van der Waals surface area contributed by atoms with Crippen molar-refractivity contribution in [3.05, 3.63) is 0 Å². The molecule has 3 atom stereocenters. The van der Waals surface area contributed by atoms with E-state index in [1.54, 1.807) is 0 Å². The van der Waals surface area contributed by atoms with E-state index in [1.807, 2.05) is 4.90 Å². The summed E-state index contributed by atoms with van der Waals surface area (Å²) in [6, 6.07) is 0. The van der Waals surface area contributed by atoms with Gasteiger partial charge in [0.25, 0.3) is 0 Å². The van der Waals surface area contributed by atoms with E-state index in [4.69, 9.17) is 5.11 Å². The number of alkyl halides is 1. The molecule has 3 heteroatoms. The first-order valence-electron chi connectivity index (χ1n) is 3.30. The molecule has 2 rings (SSSR count). The number of nitrogens with zero attached hydrogens (tertiary/aromatic N) is 1. The average Bonchev–Trinajstić information content (AvgIpc) is 2.22. The van der Waals surface area contributed by atoms with Gasteiger partial charge < -0.3 is 5.11 Å². The third-order valence-corrected chi connectivity index (χ3v) is 2.36. The fourth-order valence-electron chi connectivity index (χ4n) is 1.71. The Balaban J connectivity index is 2.22. The smallest absolute Gasteiger partial charge is 0.151 e. The lowest BCUT2D eigenvalue weighted by atomic mass is 9.99. The molecule has 2 nitrogen and oxygen atoms in total. The van der Waals surface area contributed by atoms with Crippen LogP contribution in [0.3, 0.4) is 0 Å². The van der Waals surface area contributed by atoms with E-state index in [0.29, 0.717) is 19.5 Å². The van der Waals surface area contributed by atoms with Gasteiger partial charge in [-0.2, -0.15) is 0 Å². The molecule has 9 heavy (non-hydrogen) atoms. The first-order chi connectivity index (χ1) is 4.21. The standard InChI is InChI=1S/C6H10FNO/c7-6-1-2-8(4-6)3-5(6)9/h5,9H,1-4H2. The second-order valence-electron chi connectivity index (χ2n) is 3.04. The van der Waals surface area contributed by atoms with E-state index in [0.717, 1.165) is 6.54 Å². The van der Waals surface area contributed by atoms with E-state index in [-0.39, 0.29) is 0 Å². The van der Waals surface area contributed by atoms with Gasteiger partial charge in [-0.05, 0) is 6.42 Å². The van der Waals surface area contributed by atoms with Crippen LogP contribution in [-0.4, -0.2) is 41.4 Å². The van der Waals surface area contributed by atoms with Crippen molar-refractivity contribution in [3.8, 4) is 0 Å². The number of piperidine rings is 1. The molecule has 2 aliphatic heterocycles. The van der Waals surface area contributed by atoms with Gasteiger partial charge in [0, 0.05) is 19.6 Å². The molecule has 0 aromatic carbocycles.